The SMILES string of the molecule is Oc1ccc(/C=C/C2=CC(O)(O)C(O)C(O)(O)C2)cc1. The highest BCUT2D eigenvalue weighted by atomic mass is 16.6. The zero-order valence-electron chi connectivity index (χ0n) is 10.5. The highest BCUT2D eigenvalue weighted by Crippen LogP contribution is 2.32. The number of phenols is 1. The fourth-order valence-corrected chi connectivity index (χ4v) is 2.04. The number of rotatable bonds is 2. The second-order valence-corrected chi connectivity index (χ2v) is 4.89. The molecule has 6 nitrogen and oxygen atoms in total. The van der Waals surface area contributed by atoms with Crippen molar-refractivity contribution >= 4 is 6.08 Å². The van der Waals surface area contributed by atoms with Gasteiger partial charge in [-0.2, -0.15) is 0 Å². The molecular weight excluding hydrogens is 264 g/mol. The number of phenolic OH excluding ortho intramolecular Hbond substituents is 1. The second kappa shape index (κ2) is 5.01. The Morgan fingerprint density at radius 1 is 1.00 bits per heavy atom. The number of aliphatic hydroxyl groups is 5. The topological polar surface area (TPSA) is 121 Å². The van der Waals surface area contributed by atoms with Crippen molar-refractivity contribution in [2.75, 3.05) is 0 Å². The average molecular weight is 280 g/mol. The van der Waals surface area contributed by atoms with Crippen LogP contribution in [0.1, 0.15) is 12.0 Å². The Morgan fingerprint density at radius 2 is 1.60 bits per heavy atom. The molecule has 1 aromatic rings. The molecule has 1 unspecified atom stereocenters. The molecule has 0 saturated heterocycles. The minimum atomic E-state index is -2.71. The van der Waals surface area contributed by atoms with E-state index in [2.05, 4.69) is 0 Å². The quantitative estimate of drug-likeness (QED) is 0.405. The molecule has 0 fully saturated rings. The Bertz CT molecular complexity index is 541. The molecule has 108 valence electrons. The average Bonchev–Trinajstić information content (AvgIpc) is 2.35. The first-order chi connectivity index (χ1) is 9.21. The van der Waals surface area contributed by atoms with E-state index in [4.69, 9.17) is 5.11 Å². The molecule has 0 heterocycles. The van der Waals surface area contributed by atoms with Crippen molar-refractivity contribution in [1.29, 1.82) is 0 Å². The van der Waals surface area contributed by atoms with Gasteiger partial charge in [0.1, 0.15) is 5.75 Å². The second-order valence-electron chi connectivity index (χ2n) is 4.89. The lowest BCUT2D eigenvalue weighted by Gasteiger charge is -2.38. The van der Waals surface area contributed by atoms with Gasteiger partial charge < -0.3 is 30.6 Å². The van der Waals surface area contributed by atoms with Gasteiger partial charge in [0.15, 0.2) is 11.9 Å². The van der Waals surface area contributed by atoms with Crippen LogP contribution in [-0.2, 0) is 0 Å². The Labute approximate surface area is 115 Å². The van der Waals surface area contributed by atoms with E-state index in [9.17, 15) is 25.5 Å². The normalized spacial score (nSPS) is 24.6. The summed E-state index contributed by atoms with van der Waals surface area (Å²) in [6, 6.07) is 6.26. The first-order valence-electron chi connectivity index (χ1n) is 5.97. The largest absolute Gasteiger partial charge is 0.508 e. The molecule has 0 amide bonds. The molecule has 2 rings (SSSR count). The molecule has 1 aliphatic carbocycles. The van der Waals surface area contributed by atoms with Gasteiger partial charge in [0, 0.05) is 6.42 Å². The summed E-state index contributed by atoms with van der Waals surface area (Å²) in [6.45, 7) is 0. The smallest absolute Gasteiger partial charge is 0.215 e. The summed E-state index contributed by atoms with van der Waals surface area (Å²) in [7, 11) is 0. The highest BCUT2D eigenvalue weighted by molar-refractivity contribution is 5.54. The third kappa shape index (κ3) is 3.06. The summed E-state index contributed by atoms with van der Waals surface area (Å²) in [5, 5.41) is 56.7. The van der Waals surface area contributed by atoms with Crippen molar-refractivity contribution in [1.82, 2.24) is 0 Å². The molecule has 0 aromatic heterocycles. The third-order valence-corrected chi connectivity index (χ3v) is 3.09. The van der Waals surface area contributed by atoms with Crippen LogP contribution in [0.3, 0.4) is 0 Å². The van der Waals surface area contributed by atoms with Crippen molar-refractivity contribution in [2.24, 2.45) is 0 Å². The van der Waals surface area contributed by atoms with Crippen LogP contribution in [0.25, 0.3) is 6.08 Å². The van der Waals surface area contributed by atoms with E-state index >= 15 is 0 Å². The summed E-state index contributed by atoms with van der Waals surface area (Å²) in [5.74, 6) is -5.21. The third-order valence-electron chi connectivity index (χ3n) is 3.09. The van der Waals surface area contributed by atoms with Crippen LogP contribution in [-0.4, -0.2) is 48.3 Å². The fourth-order valence-electron chi connectivity index (χ4n) is 2.04. The van der Waals surface area contributed by atoms with Crippen molar-refractivity contribution in [3.8, 4) is 5.75 Å². The molecule has 0 bridgehead atoms. The minimum absolute atomic E-state index is 0.122. The van der Waals surface area contributed by atoms with Crippen molar-refractivity contribution < 1.29 is 30.6 Å². The standard InChI is InChI=1S/C14H16O6/c15-11-5-3-9(4-6-11)1-2-10-7-13(17,18)12(16)14(19,20)8-10/h1-7,12,15-20H,8H2/b2-1+. The van der Waals surface area contributed by atoms with Gasteiger partial charge in [-0.25, -0.2) is 0 Å². The van der Waals surface area contributed by atoms with Crippen LogP contribution in [0.4, 0.5) is 0 Å². The first kappa shape index (κ1) is 14.7. The Morgan fingerprint density at radius 3 is 2.15 bits per heavy atom. The van der Waals surface area contributed by atoms with Gasteiger partial charge in [-0.15, -0.1) is 0 Å². The van der Waals surface area contributed by atoms with Crippen LogP contribution in [0.5, 0.6) is 5.75 Å². The molecule has 1 aliphatic rings. The highest BCUT2D eigenvalue weighted by Gasteiger charge is 2.49. The van der Waals surface area contributed by atoms with Crippen LogP contribution >= 0.6 is 0 Å². The first-order valence-corrected chi connectivity index (χ1v) is 5.97. The summed E-state index contributed by atoms with van der Waals surface area (Å²) in [4.78, 5) is 0. The number of hydrogen-bond donors (Lipinski definition) is 6. The fraction of sp³-hybridized carbons (Fsp3) is 0.286. The van der Waals surface area contributed by atoms with Gasteiger partial charge >= 0.3 is 0 Å². The minimum Gasteiger partial charge on any atom is -0.508 e. The molecule has 0 spiro atoms. The summed E-state index contributed by atoms with van der Waals surface area (Å²) in [6.07, 6.45) is 1.58. The number of aromatic hydroxyl groups is 1. The maximum atomic E-state index is 9.56. The molecule has 0 aliphatic heterocycles. The van der Waals surface area contributed by atoms with Crippen molar-refractivity contribution in [3.05, 3.63) is 47.6 Å². The lowest BCUT2D eigenvalue weighted by atomic mass is 9.86. The van der Waals surface area contributed by atoms with E-state index in [1.54, 1.807) is 18.2 Å². The predicted octanol–water partition coefficient (Wildman–Crippen LogP) is -0.542. The predicted molar refractivity (Wildman–Crippen MR) is 70.2 cm³/mol. The van der Waals surface area contributed by atoms with E-state index < -0.39 is 17.7 Å². The van der Waals surface area contributed by atoms with Crippen LogP contribution in [0.15, 0.2) is 42.0 Å². The van der Waals surface area contributed by atoms with Crippen LogP contribution in [0, 0.1) is 0 Å². The molecule has 0 saturated carbocycles. The number of aliphatic hydroxyl groups excluding tert-OH is 1. The zero-order chi connectivity index (χ0) is 15.0. The molecule has 20 heavy (non-hydrogen) atoms. The number of allylic oxidation sites excluding steroid dienone is 1. The van der Waals surface area contributed by atoms with Gasteiger partial charge in [0.2, 0.25) is 5.79 Å². The van der Waals surface area contributed by atoms with E-state index in [1.165, 1.54) is 18.2 Å². The molecular formula is C14H16O6. The van der Waals surface area contributed by atoms with E-state index in [-0.39, 0.29) is 17.7 Å². The van der Waals surface area contributed by atoms with E-state index in [0.29, 0.717) is 0 Å². The van der Waals surface area contributed by atoms with E-state index in [1.807, 2.05) is 0 Å². The zero-order valence-corrected chi connectivity index (χ0v) is 10.5. The Hall–Kier alpha value is -1.70. The molecule has 1 aromatic carbocycles. The van der Waals surface area contributed by atoms with E-state index in [0.717, 1.165) is 11.6 Å². The maximum absolute atomic E-state index is 9.56. The van der Waals surface area contributed by atoms with Crippen molar-refractivity contribution in [3.63, 3.8) is 0 Å². The van der Waals surface area contributed by atoms with Gasteiger partial charge in [0.05, 0.1) is 0 Å². The molecule has 6 heteroatoms. The van der Waals surface area contributed by atoms with Crippen molar-refractivity contribution in [2.45, 2.75) is 24.1 Å². The Kier molecular flexibility index (Phi) is 3.68. The van der Waals surface area contributed by atoms with Gasteiger partial charge in [0.25, 0.3) is 0 Å². The summed E-state index contributed by atoms with van der Waals surface area (Å²) >= 11 is 0. The lowest BCUT2D eigenvalue weighted by Crippen LogP contribution is -2.58. The number of benzene rings is 1. The maximum Gasteiger partial charge on any atom is 0.215 e. The summed E-state index contributed by atoms with van der Waals surface area (Å²) in [5.41, 5.74) is 0.983. The molecule has 0 radical (unpaired) electrons. The van der Waals surface area contributed by atoms with Crippen LogP contribution in [0.2, 0.25) is 0 Å². The Balaban J connectivity index is 2.23. The monoisotopic (exact) mass is 280 g/mol. The summed E-state index contributed by atoms with van der Waals surface area (Å²) < 4.78 is 0. The molecule has 6 N–H and O–H groups in total. The van der Waals surface area contributed by atoms with Gasteiger partial charge in [-0.1, -0.05) is 24.3 Å². The van der Waals surface area contributed by atoms with Gasteiger partial charge in [-0.05, 0) is 29.3 Å². The number of hydrogen-bond acceptors (Lipinski definition) is 6. The van der Waals surface area contributed by atoms with Crippen LogP contribution < -0.4 is 0 Å². The van der Waals surface area contributed by atoms with Gasteiger partial charge in [-0.3, -0.25) is 0 Å². The lowest BCUT2D eigenvalue weighted by molar-refractivity contribution is -0.311. The molecule has 1 atom stereocenters.